The summed E-state index contributed by atoms with van der Waals surface area (Å²) in [5.41, 5.74) is 2.39. The molecule has 1 aliphatic rings. The molecule has 3 N–H and O–H groups in total. The molecular formula is C24H29N5O2S. The molecule has 3 aromatic rings. The van der Waals surface area contributed by atoms with Gasteiger partial charge in [-0.05, 0) is 61.4 Å². The van der Waals surface area contributed by atoms with Crippen LogP contribution in [0.4, 0.5) is 0 Å². The van der Waals surface area contributed by atoms with Crippen molar-refractivity contribution < 1.29 is 9.90 Å². The van der Waals surface area contributed by atoms with E-state index in [0.29, 0.717) is 24.6 Å². The predicted molar refractivity (Wildman–Crippen MR) is 126 cm³/mol. The van der Waals surface area contributed by atoms with Crippen LogP contribution >= 0.6 is 11.9 Å². The first-order valence-electron chi connectivity index (χ1n) is 11.1. The third kappa shape index (κ3) is 4.85. The van der Waals surface area contributed by atoms with Crippen LogP contribution in [0.3, 0.4) is 0 Å². The Hall–Kier alpha value is -2.73. The molecule has 1 amide bonds. The minimum absolute atomic E-state index is 0.0452. The fourth-order valence-electron chi connectivity index (χ4n) is 4.22. The van der Waals surface area contributed by atoms with Gasteiger partial charge in [0.05, 0.1) is 12.6 Å². The lowest BCUT2D eigenvalue weighted by Gasteiger charge is -2.33. The zero-order valence-electron chi connectivity index (χ0n) is 18.3. The maximum atomic E-state index is 13.4. The Kier molecular flexibility index (Phi) is 7.20. The van der Waals surface area contributed by atoms with E-state index in [1.165, 1.54) is 11.9 Å². The molecule has 0 radical (unpaired) electrons. The molecule has 2 aromatic heterocycles. The Balaban J connectivity index is 1.51. The van der Waals surface area contributed by atoms with Crippen molar-refractivity contribution in [3.8, 4) is 6.07 Å². The lowest BCUT2D eigenvalue weighted by Crippen LogP contribution is -2.47. The Morgan fingerprint density at radius 2 is 2.16 bits per heavy atom. The van der Waals surface area contributed by atoms with Crippen LogP contribution in [0, 0.1) is 17.2 Å². The highest BCUT2D eigenvalue weighted by atomic mass is 32.2. The molecule has 1 aliphatic heterocycles. The summed E-state index contributed by atoms with van der Waals surface area (Å²) in [6.07, 6.45) is 6.34. The second-order valence-electron chi connectivity index (χ2n) is 8.42. The van der Waals surface area contributed by atoms with Crippen molar-refractivity contribution in [1.29, 1.82) is 5.26 Å². The first kappa shape index (κ1) is 22.5. The molecular weight excluding hydrogens is 422 g/mol. The van der Waals surface area contributed by atoms with Crippen LogP contribution in [0.25, 0.3) is 10.9 Å². The smallest absolute Gasteiger partial charge is 0.240 e. The number of nitrogens with zero attached hydrogens (tertiary/aromatic N) is 3. The summed E-state index contributed by atoms with van der Waals surface area (Å²) in [4.78, 5) is 19.5. The summed E-state index contributed by atoms with van der Waals surface area (Å²) in [6.45, 7) is 4.35. The number of hydrogen-bond donors (Lipinski definition) is 3. The number of amides is 1. The number of H-pyrrole nitrogens is 1. The van der Waals surface area contributed by atoms with Crippen LogP contribution in [0.2, 0.25) is 0 Å². The van der Waals surface area contributed by atoms with E-state index in [0.717, 1.165) is 47.3 Å². The van der Waals surface area contributed by atoms with E-state index in [4.69, 9.17) is 0 Å². The molecule has 1 unspecified atom stereocenters. The molecule has 1 atom stereocenters. The number of aromatic amines is 1. The largest absolute Gasteiger partial charge is 0.392 e. The average Bonchev–Trinajstić information content (AvgIpc) is 3.46. The zero-order valence-corrected chi connectivity index (χ0v) is 19.1. The maximum Gasteiger partial charge on any atom is 0.240 e. The van der Waals surface area contributed by atoms with E-state index in [2.05, 4.69) is 22.7 Å². The molecule has 0 bridgehead atoms. The standard InChI is InChI=1S/C24H29N5O2S/c1-17-7-11-29(12-8-17)24(31)21(9-13-28-10-3-4-19(28)14-25)27-32-22-6-2-5-20-23(22)18(16-30)15-26-20/h2-6,10,15,17,21,26-27,30H,7-9,11-13,16H2,1H3. The van der Waals surface area contributed by atoms with Gasteiger partial charge in [-0.15, -0.1) is 0 Å². The van der Waals surface area contributed by atoms with Crippen LogP contribution in [0.1, 0.15) is 37.4 Å². The molecule has 3 heterocycles. The average molecular weight is 452 g/mol. The normalized spacial score (nSPS) is 15.7. The summed E-state index contributed by atoms with van der Waals surface area (Å²) < 4.78 is 5.30. The summed E-state index contributed by atoms with van der Waals surface area (Å²) in [5, 5.41) is 20.0. The van der Waals surface area contributed by atoms with Gasteiger partial charge in [-0.3, -0.25) is 4.79 Å². The van der Waals surface area contributed by atoms with Crippen molar-refractivity contribution in [2.24, 2.45) is 5.92 Å². The number of hydrogen-bond acceptors (Lipinski definition) is 5. The summed E-state index contributed by atoms with van der Waals surface area (Å²) in [6, 6.07) is 11.4. The summed E-state index contributed by atoms with van der Waals surface area (Å²) >= 11 is 1.43. The molecule has 1 aromatic carbocycles. The summed E-state index contributed by atoms with van der Waals surface area (Å²) in [5.74, 6) is 0.764. The maximum absolute atomic E-state index is 13.4. The minimum atomic E-state index is -0.380. The van der Waals surface area contributed by atoms with Gasteiger partial charge in [0.25, 0.3) is 0 Å². The second-order valence-corrected chi connectivity index (χ2v) is 9.30. The van der Waals surface area contributed by atoms with E-state index < -0.39 is 0 Å². The van der Waals surface area contributed by atoms with Crippen molar-refractivity contribution in [2.75, 3.05) is 13.1 Å². The van der Waals surface area contributed by atoms with E-state index in [9.17, 15) is 15.2 Å². The van der Waals surface area contributed by atoms with E-state index >= 15 is 0 Å². The Bertz CT molecular complexity index is 1110. The number of benzene rings is 1. The first-order valence-corrected chi connectivity index (χ1v) is 11.9. The van der Waals surface area contributed by atoms with E-state index in [-0.39, 0.29) is 18.6 Å². The van der Waals surface area contributed by atoms with Gasteiger partial charge in [0.15, 0.2) is 0 Å². The van der Waals surface area contributed by atoms with Crippen LogP contribution in [0.15, 0.2) is 47.6 Å². The Morgan fingerprint density at radius 1 is 1.34 bits per heavy atom. The number of aliphatic hydroxyl groups is 1. The number of carbonyl (C=O) groups is 1. The topological polar surface area (TPSA) is 97.1 Å². The number of rotatable bonds is 8. The SMILES string of the molecule is CC1CCN(C(=O)C(CCn2cccc2C#N)NSc2cccc3[nH]cc(CO)c23)CC1. The number of aromatic nitrogens is 2. The van der Waals surface area contributed by atoms with Gasteiger partial charge in [-0.25, -0.2) is 4.72 Å². The number of aryl methyl sites for hydroxylation is 1. The number of likely N-dealkylation sites (tertiary alicyclic amines) is 1. The van der Waals surface area contributed by atoms with Gasteiger partial charge in [0.2, 0.25) is 5.91 Å². The lowest BCUT2D eigenvalue weighted by molar-refractivity contribution is -0.134. The third-order valence-electron chi connectivity index (χ3n) is 6.23. The zero-order chi connectivity index (χ0) is 22.5. The van der Waals surface area contributed by atoms with E-state index in [1.54, 1.807) is 6.07 Å². The molecule has 168 valence electrons. The number of nitriles is 1. The predicted octanol–water partition coefficient (Wildman–Crippen LogP) is 3.65. The minimum Gasteiger partial charge on any atom is -0.392 e. The fraction of sp³-hybridized carbons (Fsp3) is 0.417. The molecule has 7 nitrogen and oxygen atoms in total. The van der Waals surface area contributed by atoms with Gasteiger partial charge in [-0.2, -0.15) is 5.26 Å². The molecule has 1 saturated heterocycles. The summed E-state index contributed by atoms with van der Waals surface area (Å²) in [7, 11) is 0. The quantitative estimate of drug-likeness (QED) is 0.454. The molecule has 8 heteroatoms. The molecule has 4 rings (SSSR count). The number of nitrogens with one attached hydrogen (secondary N) is 2. The van der Waals surface area contributed by atoms with Crippen LogP contribution in [-0.4, -0.2) is 44.6 Å². The van der Waals surface area contributed by atoms with Crippen LogP contribution in [0.5, 0.6) is 0 Å². The monoisotopic (exact) mass is 451 g/mol. The first-order chi connectivity index (χ1) is 15.6. The lowest BCUT2D eigenvalue weighted by atomic mass is 9.98. The molecule has 0 spiro atoms. The number of piperidine rings is 1. The van der Waals surface area contributed by atoms with Gasteiger partial charge in [0.1, 0.15) is 11.8 Å². The van der Waals surface area contributed by atoms with Crippen LogP contribution in [-0.2, 0) is 17.9 Å². The molecule has 1 fully saturated rings. The molecule has 32 heavy (non-hydrogen) atoms. The molecule has 0 aliphatic carbocycles. The van der Waals surface area contributed by atoms with Crippen LogP contribution < -0.4 is 4.72 Å². The van der Waals surface area contributed by atoms with Gasteiger partial charge in [-0.1, -0.05) is 13.0 Å². The highest BCUT2D eigenvalue weighted by Gasteiger charge is 2.27. The highest BCUT2D eigenvalue weighted by Crippen LogP contribution is 2.30. The Morgan fingerprint density at radius 3 is 2.91 bits per heavy atom. The van der Waals surface area contributed by atoms with Crippen molar-refractivity contribution in [3.05, 3.63) is 54.0 Å². The van der Waals surface area contributed by atoms with E-state index in [1.807, 2.05) is 46.1 Å². The van der Waals surface area contributed by atoms with Gasteiger partial charge >= 0.3 is 0 Å². The molecule has 0 saturated carbocycles. The second kappa shape index (κ2) is 10.3. The number of carbonyl (C=O) groups excluding carboxylic acids is 1. The van der Waals surface area contributed by atoms with Crippen molar-refractivity contribution >= 4 is 28.8 Å². The third-order valence-corrected chi connectivity index (χ3v) is 7.19. The van der Waals surface area contributed by atoms with Gasteiger partial charge in [0, 0.05) is 53.4 Å². The highest BCUT2D eigenvalue weighted by molar-refractivity contribution is 7.97. The van der Waals surface area contributed by atoms with Crippen molar-refractivity contribution in [1.82, 2.24) is 19.2 Å². The Labute approximate surface area is 192 Å². The number of aliphatic hydroxyl groups excluding tert-OH is 1. The van der Waals surface area contributed by atoms with Crippen molar-refractivity contribution in [2.45, 2.75) is 50.3 Å². The van der Waals surface area contributed by atoms with Gasteiger partial charge < -0.3 is 19.6 Å². The van der Waals surface area contributed by atoms with Crippen molar-refractivity contribution in [3.63, 3.8) is 0 Å². The number of fused-ring (bicyclic) bond motifs is 1. The fourth-order valence-corrected chi connectivity index (χ4v) is 5.20.